The molecule has 2 atom stereocenters. The number of hydrogen-bond donors (Lipinski definition) is 1. The maximum absolute atomic E-state index is 6.33. The highest BCUT2D eigenvalue weighted by atomic mass is 35.5. The summed E-state index contributed by atoms with van der Waals surface area (Å²) in [4.78, 5) is 2.43. The molecular weight excluding hydrogens is 244 g/mol. The van der Waals surface area contributed by atoms with Crippen LogP contribution in [0.3, 0.4) is 0 Å². The van der Waals surface area contributed by atoms with E-state index in [4.69, 9.17) is 17.3 Å². The zero-order chi connectivity index (χ0) is 13.7. The Balaban J connectivity index is 3.12. The second-order valence-electron chi connectivity index (χ2n) is 5.00. The Bertz CT molecular complexity index is 365. The summed E-state index contributed by atoms with van der Waals surface area (Å²) in [6.45, 7) is 9.73. The third-order valence-electron chi connectivity index (χ3n) is 3.45. The first-order valence-electron chi connectivity index (χ1n) is 6.78. The molecular formula is C15H25ClN2. The summed E-state index contributed by atoms with van der Waals surface area (Å²) in [5.74, 6) is 0. The first-order valence-corrected chi connectivity index (χ1v) is 7.15. The van der Waals surface area contributed by atoms with Crippen LogP contribution in [0, 0.1) is 0 Å². The van der Waals surface area contributed by atoms with E-state index in [0.717, 1.165) is 18.0 Å². The lowest BCUT2D eigenvalue weighted by molar-refractivity contribution is 0.138. The summed E-state index contributed by atoms with van der Waals surface area (Å²) in [5, 5.41) is 0.778. The van der Waals surface area contributed by atoms with Crippen molar-refractivity contribution in [3.05, 3.63) is 34.9 Å². The van der Waals surface area contributed by atoms with Crippen molar-refractivity contribution >= 4 is 11.6 Å². The Kier molecular flexibility index (Phi) is 6.13. The predicted octanol–water partition coefficient (Wildman–Crippen LogP) is 3.85. The second kappa shape index (κ2) is 7.13. The van der Waals surface area contributed by atoms with Crippen molar-refractivity contribution in [1.29, 1.82) is 0 Å². The van der Waals surface area contributed by atoms with Crippen molar-refractivity contribution in [2.24, 2.45) is 5.73 Å². The summed E-state index contributed by atoms with van der Waals surface area (Å²) in [7, 11) is 0. The molecule has 1 aromatic carbocycles. The van der Waals surface area contributed by atoms with Crippen LogP contribution < -0.4 is 5.73 Å². The smallest absolute Gasteiger partial charge is 0.0502 e. The van der Waals surface area contributed by atoms with Gasteiger partial charge in [0.2, 0.25) is 0 Å². The number of hydrogen-bond acceptors (Lipinski definition) is 2. The predicted molar refractivity (Wildman–Crippen MR) is 80.0 cm³/mol. The van der Waals surface area contributed by atoms with Crippen LogP contribution in [0.25, 0.3) is 0 Å². The van der Waals surface area contributed by atoms with Gasteiger partial charge in [0.1, 0.15) is 0 Å². The van der Waals surface area contributed by atoms with Crippen LogP contribution in [-0.4, -0.2) is 23.5 Å². The van der Waals surface area contributed by atoms with Gasteiger partial charge in [-0.1, -0.05) is 37.6 Å². The van der Waals surface area contributed by atoms with Crippen molar-refractivity contribution in [1.82, 2.24) is 4.90 Å². The zero-order valence-corrected chi connectivity index (χ0v) is 12.6. The fraction of sp³-hybridized carbons (Fsp3) is 0.600. The van der Waals surface area contributed by atoms with Crippen LogP contribution in [0.1, 0.15) is 45.7 Å². The number of benzene rings is 1. The van der Waals surface area contributed by atoms with Crippen LogP contribution in [0.2, 0.25) is 5.02 Å². The van der Waals surface area contributed by atoms with Gasteiger partial charge in [-0.15, -0.1) is 0 Å². The lowest BCUT2D eigenvalue weighted by Crippen LogP contribution is -2.44. The SMILES string of the molecule is CCC(N)C(c1cccc(Cl)c1)N(CC)C(C)C. The van der Waals surface area contributed by atoms with Crippen molar-refractivity contribution in [3.8, 4) is 0 Å². The summed E-state index contributed by atoms with van der Waals surface area (Å²) >= 11 is 6.10. The average molecular weight is 269 g/mol. The van der Waals surface area contributed by atoms with Crippen LogP contribution in [0.4, 0.5) is 0 Å². The van der Waals surface area contributed by atoms with Gasteiger partial charge in [-0.2, -0.15) is 0 Å². The molecule has 2 nitrogen and oxygen atoms in total. The van der Waals surface area contributed by atoms with Crippen LogP contribution >= 0.6 is 11.6 Å². The molecule has 0 saturated carbocycles. The molecule has 0 radical (unpaired) electrons. The second-order valence-corrected chi connectivity index (χ2v) is 5.43. The minimum absolute atomic E-state index is 0.130. The van der Waals surface area contributed by atoms with Gasteiger partial charge in [-0.3, -0.25) is 4.90 Å². The number of nitrogens with zero attached hydrogens (tertiary/aromatic N) is 1. The van der Waals surface area contributed by atoms with Crippen LogP contribution in [0.15, 0.2) is 24.3 Å². The average Bonchev–Trinajstić information content (AvgIpc) is 2.34. The van der Waals surface area contributed by atoms with Gasteiger partial charge >= 0.3 is 0 Å². The Morgan fingerprint density at radius 3 is 2.39 bits per heavy atom. The summed E-state index contributed by atoms with van der Waals surface area (Å²) in [6.07, 6.45) is 0.959. The monoisotopic (exact) mass is 268 g/mol. The molecule has 102 valence electrons. The highest BCUT2D eigenvalue weighted by molar-refractivity contribution is 6.30. The maximum atomic E-state index is 6.33. The van der Waals surface area contributed by atoms with E-state index in [1.165, 1.54) is 5.56 Å². The molecule has 18 heavy (non-hydrogen) atoms. The molecule has 0 aromatic heterocycles. The van der Waals surface area contributed by atoms with Crippen molar-refractivity contribution in [2.75, 3.05) is 6.54 Å². The minimum Gasteiger partial charge on any atom is -0.326 e. The molecule has 0 bridgehead atoms. The van der Waals surface area contributed by atoms with Gasteiger partial charge < -0.3 is 5.73 Å². The van der Waals surface area contributed by atoms with Gasteiger partial charge in [0.05, 0.1) is 6.04 Å². The molecule has 2 unspecified atom stereocenters. The fourth-order valence-electron chi connectivity index (χ4n) is 2.48. The highest BCUT2D eigenvalue weighted by Crippen LogP contribution is 2.28. The molecule has 0 amide bonds. The number of rotatable bonds is 6. The van der Waals surface area contributed by atoms with Crippen LogP contribution in [-0.2, 0) is 0 Å². The largest absolute Gasteiger partial charge is 0.326 e. The molecule has 2 N–H and O–H groups in total. The van der Waals surface area contributed by atoms with Crippen molar-refractivity contribution in [2.45, 2.75) is 52.2 Å². The van der Waals surface area contributed by atoms with E-state index < -0.39 is 0 Å². The lowest BCUT2D eigenvalue weighted by atomic mass is 9.95. The third kappa shape index (κ3) is 3.71. The van der Waals surface area contributed by atoms with E-state index in [1.54, 1.807) is 0 Å². The van der Waals surface area contributed by atoms with Crippen LogP contribution in [0.5, 0.6) is 0 Å². The van der Waals surface area contributed by atoms with Gasteiger partial charge in [0.15, 0.2) is 0 Å². The normalized spacial score (nSPS) is 15.1. The Morgan fingerprint density at radius 1 is 1.28 bits per heavy atom. The fourth-order valence-corrected chi connectivity index (χ4v) is 2.68. The van der Waals surface area contributed by atoms with E-state index in [9.17, 15) is 0 Å². The molecule has 0 spiro atoms. The van der Waals surface area contributed by atoms with Gasteiger partial charge in [0.25, 0.3) is 0 Å². The lowest BCUT2D eigenvalue weighted by Gasteiger charge is -2.37. The van der Waals surface area contributed by atoms with Crippen molar-refractivity contribution < 1.29 is 0 Å². The standard InChI is InChI=1S/C15H25ClN2/c1-5-14(17)15(18(6-2)11(3)4)12-8-7-9-13(16)10-12/h7-11,14-15H,5-6,17H2,1-4H3. The molecule has 0 aliphatic rings. The zero-order valence-electron chi connectivity index (χ0n) is 11.9. The number of likely N-dealkylation sites (N-methyl/N-ethyl adjacent to an activating group) is 1. The highest BCUT2D eigenvalue weighted by Gasteiger charge is 2.26. The molecule has 1 rings (SSSR count). The molecule has 0 aliphatic heterocycles. The van der Waals surface area contributed by atoms with Crippen molar-refractivity contribution in [3.63, 3.8) is 0 Å². The first-order chi connectivity index (χ1) is 8.51. The molecule has 3 heteroatoms. The van der Waals surface area contributed by atoms with E-state index in [-0.39, 0.29) is 12.1 Å². The maximum Gasteiger partial charge on any atom is 0.0502 e. The van der Waals surface area contributed by atoms with Gasteiger partial charge in [0, 0.05) is 17.1 Å². The van der Waals surface area contributed by atoms with E-state index in [1.807, 2.05) is 18.2 Å². The van der Waals surface area contributed by atoms with E-state index in [2.05, 4.69) is 38.7 Å². The number of nitrogens with two attached hydrogens (primary N) is 1. The quantitative estimate of drug-likeness (QED) is 0.849. The summed E-state index contributed by atoms with van der Waals surface area (Å²) in [5.41, 5.74) is 7.54. The van der Waals surface area contributed by atoms with Gasteiger partial charge in [-0.25, -0.2) is 0 Å². The van der Waals surface area contributed by atoms with E-state index >= 15 is 0 Å². The summed E-state index contributed by atoms with van der Waals surface area (Å²) in [6, 6.07) is 8.90. The summed E-state index contributed by atoms with van der Waals surface area (Å²) < 4.78 is 0. The molecule has 0 heterocycles. The molecule has 0 saturated heterocycles. The molecule has 0 aliphatic carbocycles. The number of halogens is 1. The Morgan fingerprint density at radius 2 is 1.94 bits per heavy atom. The molecule has 0 fully saturated rings. The first kappa shape index (κ1) is 15.5. The third-order valence-corrected chi connectivity index (χ3v) is 3.69. The minimum atomic E-state index is 0.130. The Labute approximate surface area is 116 Å². The molecule has 1 aromatic rings. The van der Waals surface area contributed by atoms with E-state index in [0.29, 0.717) is 6.04 Å². The topological polar surface area (TPSA) is 29.3 Å². The Hall–Kier alpha value is -0.570. The van der Waals surface area contributed by atoms with Gasteiger partial charge in [-0.05, 0) is 44.5 Å².